The molecule has 1 aliphatic heterocycles. The quantitative estimate of drug-likeness (QED) is 0.659. The lowest BCUT2D eigenvalue weighted by atomic mass is 10.2. The Hall–Kier alpha value is -1.10. The Morgan fingerprint density at radius 2 is 2.33 bits per heavy atom. The van der Waals surface area contributed by atoms with Crippen LogP contribution < -0.4 is 5.32 Å². The molecule has 5 heteroatoms. The van der Waals surface area contributed by atoms with E-state index in [-0.39, 0.29) is 30.6 Å². The molecule has 1 rings (SSSR count). The number of nitrogens with zero attached hydrogens (tertiary/aromatic N) is 1. The number of carbonyl (C=O) groups is 2. The van der Waals surface area contributed by atoms with Crippen LogP contribution in [-0.2, 0) is 14.3 Å². The van der Waals surface area contributed by atoms with Crippen LogP contribution in [0, 0.1) is 0 Å². The summed E-state index contributed by atoms with van der Waals surface area (Å²) in [5.74, 6) is -0.301. The standard InChI is InChI=1S/C10H18N2O3/c1-7(2)15-9(13)6-12-5-4-11-10(14)8(12)3/h7-8H,4-6H2,1-3H3,(H,11,14). The van der Waals surface area contributed by atoms with Crippen LogP contribution in [0.5, 0.6) is 0 Å². The van der Waals surface area contributed by atoms with E-state index in [1.807, 2.05) is 18.7 Å². The molecular formula is C10H18N2O3. The van der Waals surface area contributed by atoms with Gasteiger partial charge in [-0.3, -0.25) is 14.5 Å². The molecule has 1 saturated heterocycles. The van der Waals surface area contributed by atoms with E-state index in [1.165, 1.54) is 0 Å². The highest BCUT2D eigenvalue weighted by Gasteiger charge is 2.27. The van der Waals surface area contributed by atoms with Crippen molar-refractivity contribution in [1.82, 2.24) is 10.2 Å². The molecule has 0 saturated carbocycles. The molecule has 0 aromatic rings. The zero-order valence-corrected chi connectivity index (χ0v) is 9.45. The highest BCUT2D eigenvalue weighted by atomic mass is 16.5. The van der Waals surface area contributed by atoms with Crippen LogP contribution in [0.2, 0.25) is 0 Å². The Balaban J connectivity index is 2.43. The average molecular weight is 214 g/mol. The van der Waals surface area contributed by atoms with E-state index in [9.17, 15) is 9.59 Å². The SMILES string of the molecule is CC(C)OC(=O)CN1CCNC(=O)C1C. The summed E-state index contributed by atoms with van der Waals surface area (Å²) in [6.07, 6.45) is -0.105. The van der Waals surface area contributed by atoms with E-state index in [0.29, 0.717) is 13.1 Å². The Morgan fingerprint density at radius 1 is 1.67 bits per heavy atom. The minimum absolute atomic E-state index is 0.0291. The van der Waals surface area contributed by atoms with E-state index in [2.05, 4.69) is 5.32 Å². The fourth-order valence-electron chi connectivity index (χ4n) is 1.51. The molecular weight excluding hydrogens is 196 g/mol. The zero-order chi connectivity index (χ0) is 11.4. The minimum atomic E-state index is -0.272. The lowest BCUT2D eigenvalue weighted by Crippen LogP contribution is -2.55. The van der Waals surface area contributed by atoms with Crippen LogP contribution >= 0.6 is 0 Å². The summed E-state index contributed by atoms with van der Waals surface area (Å²) in [5.41, 5.74) is 0. The summed E-state index contributed by atoms with van der Waals surface area (Å²) in [7, 11) is 0. The molecule has 0 bridgehead atoms. The molecule has 1 heterocycles. The van der Waals surface area contributed by atoms with Gasteiger partial charge in [-0.2, -0.15) is 0 Å². The molecule has 1 fully saturated rings. The molecule has 15 heavy (non-hydrogen) atoms. The molecule has 1 aliphatic rings. The van der Waals surface area contributed by atoms with Crippen molar-refractivity contribution in [3.05, 3.63) is 0 Å². The van der Waals surface area contributed by atoms with Crippen molar-refractivity contribution in [1.29, 1.82) is 0 Å². The van der Waals surface area contributed by atoms with Crippen molar-refractivity contribution in [3.63, 3.8) is 0 Å². The van der Waals surface area contributed by atoms with Gasteiger partial charge in [0, 0.05) is 13.1 Å². The average Bonchev–Trinajstić information content (AvgIpc) is 2.11. The van der Waals surface area contributed by atoms with Crippen molar-refractivity contribution >= 4 is 11.9 Å². The second-order valence-electron chi connectivity index (χ2n) is 3.98. The Labute approximate surface area is 89.8 Å². The Kier molecular flexibility index (Phi) is 4.08. The second-order valence-corrected chi connectivity index (χ2v) is 3.98. The number of piperazine rings is 1. The van der Waals surface area contributed by atoms with Gasteiger partial charge in [-0.25, -0.2) is 0 Å². The van der Waals surface area contributed by atoms with Crippen LogP contribution in [0.25, 0.3) is 0 Å². The first kappa shape index (κ1) is 12.0. The third-order valence-electron chi connectivity index (χ3n) is 2.32. The van der Waals surface area contributed by atoms with Gasteiger partial charge in [0.15, 0.2) is 0 Å². The number of hydrogen-bond donors (Lipinski definition) is 1. The first-order valence-electron chi connectivity index (χ1n) is 5.22. The first-order chi connectivity index (χ1) is 7.00. The predicted octanol–water partition coefficient (Wildman–Crippen LogP) is -0.242. The van der Waals surface area contributed by atoms with Crippen LogP contribution in [-0.4, -0.2) is 48.6 Å². The summed E-state index contributed by atoms with van der Waals surface area (Å²) in [5, 5.41) is 2.74. The van der Waals surface area contributed by atoms with Gasteiger partial charge in [0.2, 0.25) is 5.91 Å². The lowest BCUT2D eigenvalue weighted by Gasteiger charge is -2.31. The number of rotatable bonds is 3. The van der Waals surface area contributed by atoms with Crippen molar-refractivity contribution in [2.24, 2.45) is 0 Å². The summed E-state index contributed by atoms with van der Waals surface area (Å²) < 4.78 is 5.02. The van der Waals surface area contributed by atoms with Gasteiger partial charge in [0.1, 0.15) is 0 Å². The van der Waals surface area contributed by atoms with E-state index >= 15 is 0 Å². The largest absolute Gasteiger partial charge is 0.462 e. The molecule has 1 unspecified atom stereocenters. The minimum Gasteiger partial charge on any atom is -0.462 e. The number of ether oxygens (including phenoxy) is 1. The van der Waals surface area contributed by atoms with Gasteiger partial charge >= 0.3 is 5.97 Å². The highest BCUT2D eigenvalue weighted by Crippen LogP contribution is 2.04. The molecule has 1 atom stereocenters. The fraction of sp³-hybridized carbons (Fsp3) is 0.800. The normalized spacial score (nSPS) is 22.7. The lowest BCUT2D eigenvalue weighted by molar-refractivity contribution is -0.150. The van der Waals surface area contributed by atoms with Gasteiger partial charge in [-0.05, 0) is 20.8 Å². The van der Waals surface area contributed by atoms with E-state index in [4.69, 9.17) is 4.74 Å². The van der Waals surface area contributed by atoms with E-state index in [0.717, 1.165) is 0 Å². The summed E-state index contributed by atoms with van der Waals surface area (Å²) in [6, 6.07) is -0.251. The highest BCUT2D eigenvalue weighted by molar-refractivity contribution is 5.83. The van der Waals surface area contributed by atoms with Crippen LogP contribution in [0.15, 0.2) is 0 Å². The number of carbonyl (C=O) groups excluding carboxylic acids is 2. The molecule has 0 aromatic heterocycles. The summed E-state index contributed by atoms with van der Waals surface area (Å²) in [6.45, 7) is 6.89. The molecule has 0 aliphatic carbocycles. The second kappa shape index (κ2) is 5.11. The van der Waals surface area contributed by atoms with E-state index < -0.39 is 0 Å². The summed E-state index contributed by atoms with van der Waals surface area (Å²) >= 11 is 0. The van der Waals surface area contributed by atoms with Gasteiger partial charge in [-0.15, -0.1) is 0 Å². The van der Waals surface area contributed by atoms with Gasteiger partial charge in [-0.1, -0.05) is 0 Å². The molecule has 5 nitrogen and oxygen atoms in total. The number of hydrogen-bond acceptors (Lipinski definition) is 4. The maximum Gasteiger partial charge on any atom is 0.320 e. The Morgan fingerprint density at radius 3 is 2.93 bits per heavy atom. The monoisotopic (exact) mass is 214 g/mol. The van der Waals surface area contributed by atoms with E-state index in [1.54, 1.807) is 6.92 Å². The molecule has 0 aromatic carbocycles. The number of esters is 1. The zero-order valence-electron chi connectivity index (χ0n) is 9.45. The molecule has 0 spiro atoms. The molecule has 1 amide bonds. The number of nitrogens with one attached hydrogen (secondary N) is 1. The number of amides is 1. The topological polar surface area (TPSA) is 58.6 Å². The van der Waals surface area contributed by atoms with Gasteiger partial charge in [0.25, 0.3) is 0 Å². The Bertz CT molecular complexity index is 253. The van der Waals surface area contributed by atoms with Crippen LogP contribution in [0.1, 0.15) is 20.8 Å². The van der Waals surface area contributed by atoms with Gasteiger partial charge < -0.3 is 10.1 Å². The molecule has 1 N–H and O–H groups in total. The van der Waals surface area contributed by atoms with Crippen molar-refractivity contribution in [3.8, 4) is 0 Å². The van der Waals surface area contributed by atoms with Crippen molar-refractivity contribution < 1.29 is 14.3 Å². The third kappa shape index (κ3) is 3.51. The fourth-order valence-corrected chi connectivity index (χ4v) is 1.51. The summed E-state index contributed by atoms with van der Waals surface area (Å²) in [4.78, 5) is 24.5. The van der Waals surface area contributed by atoms with Crippen LogP contribution in [0.4, 0.5) is 0 Å². The first-order valence-corrected chi connectivity index (χ1v) is 5.22. The predicted molar refractivity (Wildman–Crippen MR) is 55.3 cm³/mol. The molecule has 0 radical (unpaired) electrons. The van der Waals surface area contributed by atoms with Crippen molar-refractivity contribution in [2.45, 2.75) is 32.9 Å². The maximum atomic E-state index is 11.4. The van der Waals surface area contributed by atoms with Crippen molar-refractivity contribution in [2.75, 3.05) is 19.6 Å². The smallest absolute Gasteiger partial charge is 0.320 e. The van der Waals surface area contributed by atoms with Crippen LogP contribution in [0.3, 0.4) is 0 Å². The molecule has 86 valence electrons. The van der Waals surface area contributed by atoms with Gasteiger partial charge in [0.05, 0.1) is 18.7 Å². The maximum absolute atomic E-state index is 11.4. The third-order valence-corrected chi connectivity index (χ3v) is 2.32.